The van der Waals surface area contributed by atoms with Crippen molar-refractivity contribution in [3.8, 4) is 0 Å². The van der Waals surface area contributed by atoms with Crippen LogP contribution in [-0.2, 0) is 6.42 Å². The zero-order valence-corrected chi connectivity index (χ0v) is 8.15. The molecular weight excluding hydrogens is 166 g/mol. The summed E-state index contributed by atoms with van der Waals surface area (Å²) in [6, 6.07) is 0. The summed E-state index contributed by atoms with van der Waals surface area (Å²) in [5.41, 5.74) is 0. The highest BCUT2D eigenvalue weighted by molar-refractivity contribution is 7.09. The highest BCUT2D eigenvalue weighted by atomic mass is 32.1. The van der Waals surface area contributed by atoms with Crippen molar-refractivity contribution in [3.63, 3.8) is 0 Å². The lowest BCUT2D eigenvalue weighted by molar-refractivity contribution is 0.503. The maximum absolute atomic E-state index is 4.30. The summed E-state index contributed by atoms with van der Waals surface area (Å²) in [7, 11) is 0. The SMILES string of the molecule is c1csc(CCC2CCCC2)n1. The number of nitrogens with zero attached hydrogens (tertiary/aromatic N) is 1. The molecule has 0 amide bonds. The number of hydrogen-bond acceptors (Lipinski definition) is 2. The fraction of sp³-hybridized carbons (Fsp3) is 0.700. The van der Waals surface area contributed by atoms with Gasteiger partial charge in [0, 0.05) is 11.6 Å². The Morgan fingerprint density at radius 1 is 1.42 bits per heavy atom. The van der Waals surface area contributed by atoms with Crippen molar-refractivity contribution >= 4 is 11.3 Å². The number of aryl methyl sites for hydroxylation is 1. The van der Waals surface area contributed by atoms with Crippen LogP contribution in [0.25, 0.3) is 0 Å². The van der Waals surface area contributed by atoms with E-state index in [1.165, 1.54) is 43.5 Å². The van der Waals surface area contributed by atoms with Crippen LogP contribution in [-0.4, -0.2) is 4.98 Å². The zero-order chi connectivity index (χ0) is 8.23. The highest BCUT2D eigenvalue weighted by Gasteiger charge is 2.14. The number of hydrogen-bond donors (Lipinski definition) is 0. The van der Waals surface area contributed by atoms with E-state index < -0.39 is 0 Å². The van der Waals surface area contributed by atoms with E-state index in [1.54, 1.807) is 11.3 Å². The summed E-state index contributed by atoms with van der Waals surface area (Å²) in [6.07, 6.45) is 10.3. The Labute approximate surface area is 77.8 Å². The third-order valence-corrected chi connectivity index (χ3v) is 3.56. The van der Waals surface area contributed by atoms with Crippen LogP contribution in [0, 0.1) is 5.92 Å². The van der Waals surface area contributed by atoms with Crippen LogP contribution in [0.5, 0.6) is 0 Å². The molecule has 0 saturated heterocycles. The fourth-order valence-corrected chi connectivity index (χ4v) is 2.64. The van der Waals surface area contributed by atoms with Crippen molar-refractivity contribution in [1.29, 1.82) is 0 Å². The van der Waals surface area contributed by atoms with Crippen LogP contribution in [0.15, 0.2) is 11.6 Å². The monoisotopic (exact) mass is 181 g/mol. The fourth-order valence-electron chi connectivity index (χ4n) is 2.00. The molecule has 0 atom stereocenters. The van der Waals surface area contributed by atoms with Gasteiger partial charge in [0.2, 0.25) is 0 Å². The van der Waals surface area contributed by atoms with Gasteiger partial charge in [-0.1, -0.05) is 25.7 Å². The predicted molar refractivity (Wildman–Crippen MR) is 52.4 cm³/mol. The Bertz CT molecular complexity index is 212. The van der Waals surface area contributed by atoms with Gasteiger partial charge in [0.1, 0.15) is 0 Å². The molecule has 66 valence electrons. The van der Waals surface area contributed by atoms with Gasteiger partial charge in [0.05, 0.1) is 5.01 Å². The van der Waals surface area contributed by atoms with Crippen molar-refractivity contribution in [2.45, 2.75) is 38.5 Å². The molecule has 1 aliphatic rings. The molecule has 0 aromatic carbocycles. The molecule has 12 heavy (non-hydrogen) atoms. The van der Waals surface area contributed by atoms with Gasteiger partial charge in [-0.05, 0) is 18.8 Å². The van der Waals surface area contributed by atoms with Crippen molar-refractivity contribution < 1.29 is 0 Å². The molecule has 0 N–H and O–H groups in total. The average Bonchev–Trinajstić information content (AvgIpc) is 2.74. The van der Waals surface area contributed by atoms with E-state index in [9.17, 15) is 0 Å². The standard InChI is InChI=1S/C10H15NS/c1-2-4-9(3-1)5-6-10-11-7-8-12-10/h7-9H,1-6H2. The molecule has 0 spiro atoms. The first-order chi connectivity index (χ1) is 5.95. The minimum atomic E-state index is 1.01. The summed E-state index contributed by atoms with van der Waals surface area (Å²) in [6.45, 7) is 0. The molecule has 1 nitrogen and oxygen atoms in total. The molecule has 0 bridgehead atoms. The molecule has 1 fully saturated rings. The maximum Gasteiger partial charge on any atom is 0.0924 e. The second-order valence-electron chi connectivity index (χ2n) is 3.62. The lowest BCUT2D eigenvalue weighted by Crippen LogP contribution is -1.95. The second kappa shape index (κ2) is 4.04. The smallest absolute Gasteiger partial charge is 0.0924 e. The van der Waals surface area contributed by atoms with Crippen LogP contribution in [0.2, 0.25) is 0 Å². The van der Waals surface area contributed by atoms with Crippen LogP contribution in [0.3, 0.4) is 0 Å². The summed E-state index contributed by atoms with van der Waals surface area (Å²) >= 11 is 1.80. The molecule has 1 heterocycles. The Kier molecular flexibility index (Phi) is 2.77. The van der Waals surface area contributed by atoms with E-state index in [2.05, 4.69) is 10.4 Å². The van der Waals surface area contributed by atoms with E-state index >= 15 is 0 Å². The van der Waals surface area contributed by atoms with Crippen molar-refractivity contribution in [2.24, 2.45) is 5.92 Å². The minimum absolute atomic E-state index is 1.01. The van der Waals surface area contributed by atoms with Gasteiger partial charge in [-0.2, -0.15) is 0 Å². The number of aromatic nitrogens is 1. The maximum atomic E-state index is 4.30. The predicted octanol–water partition coefficient (Wildman–Crippen LogP) is 3.27. The van der Waals surface area contributed by atoms with Gasteiger partial charge in [-0.3, -0.25) is 0 Å². The van der Waals surface area contributed by atoms with Crippen LogP contribution in [0.1, 0.15) is 37.1 Å². The van der Waals surface area contributed by atoms with Crippen LogP contribution >= 0.6 is 11.3 Å². The largest absolute Gasteiger partial charge is 0.250 e. The first-order valence-electron chi connectivity index (χ1n) is 4.83. The van der Waals surface area contributed by atoms with Crippen LogP contribution < -0.4 is 0 Å². The second-order valence-corrected chi connectivity index (χ2v) is 4.59. The number of thiazole rings is 1. The minimum Gasteiger partial charge on any atom is -0.250 e. The van der Waals surface area contributed by atoms with Crippen molar-refractivity contribution in [3.05, 3.63) is 16.6 Å². The first-order valence-corrected chi connectivity index (χ1v) is 5.71. The van der Waals surface area contributed by atoms with Crippen molar-refractivity contribution in [1.82, 2.24) is 4.98 Å². The Morgan fingerprint density at radius 2 is 2.25 bits per heavy atom. The van der Waals surface area contributed by atoms with E-state index in [0.717, 1.165) is 5.92 Å². The quantitative estimate of drug-likeness (QED) is 0.697. The van der Waals surface area contributed by atoms with E-state index in [-0.39, 0.29) is 0 Å². The van der Waals surface area contributed by atoms with E-state index in [1.807, 2.05) is 6.20 Å². The molecule has 2 heteroatoms. The molecule has 0 aliphatic heterocycles. The van der Waals surface area contributed by atoms with Gasteiger partial charge in [0.25, 0.3) is 0 Å². The third kappa shape index (κ3) is 2.07. The zero-order valence-electron chi connectivity index (χ0n) is 7.33. The Morgan fingerprint density at radius 3 is 2.92 bits per heavy atom. The molecule has 0 unspecified atom stereocenters. The summed E-state index contributed by atoms with van der Waals surface area (Å²) in [5, 5.41) is 3.39. The third-order valence-electron chi connectivity index (χ3n) is 2.72. The lowest BCUT2D eigenvalue weighted by Gasteiger charge is -2.05. The topological polar surface area (TPSA) is 12.9 Å². The van der Waals surface area contributed by atoms with Gasteiger partial charge >= 0.3 is 0 Å². The van der Waals surface area contributed by atoms with E-state index in [0.29, 0.717) is 0 Å². The summed E-state index contributed by atoms with van der Waals surface area (Å²) in [5.74, 6) is 1.01. The van der Waals surface area contributed by atoms with Gasteiger partial charge < -0.3 is 0 Å². The molecule has 1 aromatic heterocycles. The van der Waals surface area contributed by atoms with Crippen LogP contribution in [0.4, 0.5) is 0 Å². The van der Waals surface area contributed by atoms with Gasteiger partial charge in [-0.25, -0.2) is 4.98 Å². The molecular formula is C10H15NS. The number of rotatable bonds is 3. The highest BCUT2D eigenvalue weighted by Crippen LogP contribution is 2.28. The Hall–Kier alpha value is -0.370. The Balaban J connectivity index is 1.74. The van der Waals surface area contributed by atoms with Gasteiger partial charge in [-0.15, -0.1) is 11.3 Å². The molecule has 0 radical (unpaired) electrons. The van der Waals surface area contributed by atoms with E-state index in [4.69, 9.17) is 0 Å². The average molecular weight is 181 g/mol. The molecule has 1 aromatic rings. The van der Waals surface area contributed by atoms with Gasteiger partial charge in [0.15, 0.2) is 0 Å². The first kappa shape index (κ1) is 8.24. The molecule has 2 rings (SSSR count). The molecule has 1 saturated carbocycles. The lowest BCUT2D eigenvalue weighted by atomic mass is 10.0. The summed E-state index contributed by atoms with van der Waals surface area (Å²) < 4.78 is 0. The normalized spacial score (nSPS) is 18.7. The summed E-state index contributed by atoms with van der Waals surface area (Å²) in [4.78, 5) is 4.30. The van der Waals surface area contributed by atoms with Crippen molar-refractivity contribution in [2.75, 3.05) is 0 Å². The molecule has 1 aliphatic carbocycles.